The van der Waals surface area contributed by atoms with Gasteiger partial charge in [0.15, 0.2) is 0 Å². The first-order valence-corrected chi connectivity index (χ1v) is 12.0. The molecule has 0 saturated carbocycles. The Balaban J connectivity index is 1.74. The monoisotopic (exact) mass is 534 g/mol. The van der Waals surface area contributed by atoms with Crippen LogP contribution in [-0.2, 0) is 23.8 Å². The summed E-state index contributed by atoms with van der Waals surface area (Å²) in [6.07, 6.45) is -3.17. The highest BCUT2D eigenvalue weighted by molar-refractivity contribution is 6.31. The van der Waals surface area contributed by atoms with Crippen molar-refractivity contribution < 1.29 is 27.8 Å². The highest BCUT2D eigenvalue weighted by Crippen LogP contribution is 2.37. The third-order valence-electron chi connectivity index (χ3n) is 5.69. The van der Waals surface area contributed by atoms with Gasteiger partial charge in [-0.25, -0.2) is 19.7 Å². The molecule has 196 valence electrons. The van der Waals surface area contributed by atoms with Crippen LogP contribution in [0.5, 0.6) is 0 Å². The fraction of sp³-hybridized carbons (Fsp3) is 0.346. The first-order chi connectivity index (χ1) is 17.3. The number of hydrogen-bond acceptors (Lipinski definition) is 6. The zero-order valence-electron chi connectivity index (χ0n) is 20.4. The van der Waals surface area contributed by atoms with Crippen LogP contribution in [0.1, 0.15) is 43.9 Å². The quantitative estimate of drug-likeness (QED) is 0.382. The van der Waals surface area contributed by atoms with Gasteiger partial charge in [-0.1, -0.05) is 17.7 Å². The zero-order chi connectivity index (χ0) is 27.0. The van der Waals surface area contributed by atoms with Gasteiger partial charge in [-0.05, 0) is 75.1 Å². The van der Waals surface area contributed by atoms with Gasteiger partial charge < -0.3 is 15.2 Å². The molecule has 1 atom stereocenters. The van der Waals surface area contributed by atoms with Gasteiger partial charge >= 0.3 is 12.3 Å². The number of anilines is 4. The van der Waals surface area contributed by atoms with Crippen LogP contribution in [0.25, 0.3) is 0 Å². The van der Waals surface area contributed by atoms with E-state index in [1.54, 1.807) is 32.9 Å². The molecule has 0 aliphatic heterocycles. The Kier molecular flexibility index (Phi) is 7.34. The minimum absolute atomic E-state index is 0.00828. The number of carbonyl (C=O) groups excluding carboxylic acids is 1. The van der Waals surface area contributed by atoms with Crippen molar-refractivity contribution in [3.63, 3.8) is 0 Å². The van der Waals surface area contributed by atoms with Gasteiger partial charge in [0.25, 0.3) is 0 Å². The molecule has 1 heterocycles. The Morgan fingerprint density at radius 2 is 1.89 bits per heavy atom. The smallest absolute Gasteiger partial charge is 0.420 e. The number of alkyl halides is 3. The number of aromatic nitrogens is 2. The van der Waals surface area contributed by atoms with Gasteiger partial charge in [0.1, 0.15) is 23.6 Å². The summed E-state index contributed by atoms with van der Waals surface area (Å²) in [6, 6.07) is 9.30. The molecule has 1 amide bonds. The fourth-order valence-electron chi connectivity index (χ4n) is 4.07. The maximum Gasteiger partial charge on any atom is 0.420 e. The van der Waals surface area contributed by atoms with E-state index in [9.17, 15) is 23.1 Å². The summed E-state index contributed by atoms with van der Waals surface area (Å²) in [6.45, 7) is 4.96. The Hall–Kier alpha value is -3.37. The van der Waals surface area contributed by atoms with Gasteiger partial charge in [-0.15, -0.1) is 0 Å². The number of halogens is 4. The van der Waals surface area contributed by atoms with Gasteiger partial charge in [-0.3, -0.25) is 0 Å². The molecule has 1 aliphatic rings. The third kappa shape index (κ3) is 6.31. The second-order valence-corrected chi connectivity index (χ2v) is 10.1. The molecule has 1 aromatic heterocycles. The summed E-state index contributed by atoms with van der Waals surface area (Å²) in [5.41, 5.74) is 0.566. The van der Waals surface area contributed by atoms with Crippen LogP contribution in [-0.4, -0.2) is 32.9 Å². The van der Waals surface area contributed by atoms with Crippen LogP contribution in [0.2, 0.25) is 5.02 Å². The highest BCUT2D eigenvalue weighted by Gasteiger charge is 2.33. The normalized spacial score (nSPS) is 15.6. The average Bonchev–Trinajstić information content (AvgIpc) is 2.80. The van der Waals surface area contributed by atoms with Crippen LogP contribution in [0, 0.1) is 0 Å². The minimum Gasteiger partial charge on any atom is -0.443 e. The number of rotatable bonds is 4. The number of nitrogens with one attached hydrogen (secondary N) is 1. The Morgan fingerprint density at radius 1 is 1.14 bits per heavy atom. The maximum absolute atomic E-state index is 13.4. The zero-order valence-corrected chi connectivity index (χ0v) is 21.2. The molecule has 4 rings (SSSR count). The minimum atomic E-state index is -4.60. The predicted molar refractivity (Wildman–Crippen MR) is 135 cm³/mol. The summed E-state index contributed by atoms with van der Waals surface area (Å²) < 4.78 is 45.7. The molecule has 1 unspecified atom stereocenters. The highest BCUT2D eigenvalue weighted by atomic mass is 35.5. The van der Waals surface area contributed by atoms with Crippen molar-refractivity contribution in [1.29, 1.82) is 0 Å². The van der Waals surface area contributed by atoms with E-state index in [0.29, 0.717) is 30.0 Å². The molecule has 0 saturated heterocycles. The lowest BCUT2D eigenvalue weighted by molar-refractivity contribution is -0.137. The summed E-state index contributed by atoms with van der Waals surface area (Å²) in [4.78, 5) is 22.5. The topological polar surface area (TPSA) is 87.6 Å². The number of carbonyl (C=O) groups is 1. The lowest BCUT2D eigenvalue weighted by atomic mass is 9.88. The standard InChI is InChI=1S/C26H26ClF3N4O3/c1-25(2,3)37-24(36)34(16-6-4-5-15(11-16)26(28,29)30)23-13-22(31-14-32-23)33-21-10-9-20(27)18-8-7-17(35)12-19(18)21/h4-6,9-11,13-14,17,35H,7-8,12H2,1-3H3,(H,31,32,33). The molecule has 0 bridgehead atoms. The molecule has 0 spiro atoms. The number of ether oxygens (including phenoxy) is 1. The average molecular weight is 535 g/mol. The molecule has 3 aromatic rings. The number of aliphatic hydroxyl groups excluding tert-OH is 1. The lowest BCUT2D eigenvalue weighted by Crippen LogP contribution is -2.34. The van der Waals surface area contributed by atoms with Crippen LogP contribution < -0.4 is 10.2 Å². The summed E-state index contributed by atoms with van der Waals surface area (Å²) in [5, 5.41) is 14.0. The Labute approximate surface area is 217 Å². The van der Waals surface area contributed by atoms with Gasteiger partial charge in [0, 0.05) is 23.2 Å². The fourth-order valence-corrected chi connectivity index (χ4v) is 4.34. The molecule has 0 radical (unpaired) electrons. The molecule has 2 N–H and O–H groups in total. The number of fused-ring (bicyclic) bond motifs is 1. The van der Waals surface area contributed by atoms with E-state index in [1.165, 1.54) is 24.5 Å². The molecule has 0 fully saturated rings. The SMILES string of the molecule is CC(C)(C)OC(=O)N(c1cccc(C(F)(F)F)c1)c1cc(Nc2ccc(Cl)c3c2CC(O)CC3)ncn1. The summed E-state index contributed by atoms with van der Waals surface area (Å²) >= 11 is 6.36. The number of aliphatic hydroxyl groups is 1. The van der Waals surface area contributed by atoms with Crippen LogP contribution in [0.3, 0.4) is 0 Å². The van der Waals surface area contributed by atoms with Crippen LogP contribution >= 0.6 is 11.6 Å². The molecule has 7 nitrogen and oxygen atoms in total. The second-order valence-electron chi connectivity index (χ2n) is 9.70. The summed E-state index contributed by atoms with van der Waals surface area (Å²) in [7, 11) is 0. The number of nitrogens with zero attached hydrogens (tertiary/aromatic N) is 3. The molecular formula is C26H26ClF3N4O3. The van der Waals surface area contributed by atoms with Crippen molar-refractivity contribution in [2.45, 2.75) is 57.9 Å². The van der Waals surface area contributed by atoms with E-state index < -0.39 is 29.5 Å². The molecule has 1 aliphatic carbocycles. The van der Waals surface area contributed by atoms with Crippen molar-refractivity contribution in [2.24, 2.45) is 0 Å². The van der Waals surface area contributed by atoms with Crippen molar-refractivity contribution in [3.8, 4) is 0 Å². The first-order valence-electron chi connectivity index (χ1n) is 11.6. The molecule has 11 heteroatoms. The second kappa shape index (κ2) is 10.2. The van der Waals surface area contributed by atoms with E-state index in [2.05, 4.69) is 15.3 Å². The third-order valence-corrected chi connectivity index (χ3v) is 6.05. The van der Waals surface area contributed by atoms with E-state index >= 15 is 0 Å². The van der Waals surface area contributed by atoms with E-state index in [0.717, 1.165) is 28.2 Å². The predicted octanol–water partition coefficient (Wildman–Crippen LogP) is 6.82. The van der Waals surface area contributed by atoms with Crippen molar-refractivity contribution in [3.05, 3.63) is 70.5 Å². The first kappa shape index (κ1) is 26.7. The molecule has 37 heavy (non-hydrogen) atoms. The van der Waals surface area contributed by atoms with E-state index in [-0.39, 0.29) is 17.3 Å². The Morgan fingerprint density at radius 3 is 2.59 bits per heavy atom. The maximum atomic E-state index is 13.4. The summed E-state index contributed by atoms with van der Waals surface area (Å²) in [5.74, 6) is 0.295. The van der Waals surface area contributed by atoms with E-state index in [1.807, 2.05) is 0 Å². The van der Waals surface area contributed by atoms with Crippen LogP contribution in [0.15, 0.2) is 48.8 Å². The number of hydrogen-bond donors (Lipinski definition) is 2. The van der Waals surface area contributed by atoms with Crippen molar-refractivity contribution in [1.82, 2.24) is 9.97 Å². The largest absolute Gasteiger partial charge is 0.443 e. The lowest BCUT2D eigenvalue weighted by Gasteiger charge is -2.27. The van der Waals surface area contributed by atoms with Crippen molar-refractivity contribution in [2.75, 3.05) is 10.2 Å². The van der Waals surface area contributed by atoms with Gasteiger partial charge in [0.2, 0.25) is 0 Å². The molecular weight excluding hydrogens is 509 g/mol. The van der Waals surface area contributed by atoms with Crippen LogP contribution in [0.4, 0.5) is 41.0 Å². The van der Waals surface area contributed by atoms with E-state index in [4.69, 9.17) is 16.3 Å². The number of amides is 1. The van der Waals surface area contributed by atoms with Gasteiger partial charge in [0.05, 0.1) is 17.4 Å². The number of benzene rings is 2. The van der Waals surface area contributed by atoms with Gasteiger partial charge in [-0.2, -0.15) is 13.2 Å². The van der Waals surface area contributed by atoms with Crippen molar-refractivity contribution >= 4 is 40.7 Å². The Bertz CT molecular complexity index is 1310. The molecule has 2 aromatic carbocycles.